The summed E-state index contributed by atoms with van der Waals surface area (Å²) in [4.78, 5) is 0. The Bertz CT molecular complexity index is 1110. The van der Waals surface area contributed by atoms with Crippen LogP contribution in [0, 0.1) is 136 Å². The molecule has 0 radical (unpaired) electrons. The smallest absolute Gasteiger partial charge is 1.00 e. The molecular formula is C24H36Ag3F18N12P3. The number of nitriles is 12. The molecule has 12 nitrogen and oxygen atoms in total. The summed E-state index contributed by atoms with van der Waals surface area (Å²) in [6.07, 6.45) is 0. The van der Waals surface area contributed by atoms with Gasteiger partial charge in [-0.15, -0.1) is 0 Å². The largest absolute Gasteiger partial charge is 1.00 e. The van der Waals surface area contributed by atoms with Crippen molar-refractivity contribution >= 4 is 23.4 Å². The zero-order valence-corrected chi connectivity index (χ0v) is 39.5. The van der Waals surface area contributed by atoms with Gasteiger partial charge < -0.3 is 0 Å². The van der Waals surface area contributed by atoms with Gasteiger partial charge in [0, 0.05) is 83.1 Å². The molecule has 0 bridgehead atoms. The van der Waals surface area contributed by atoms with E-state index in [9.17, 15) is 75.5 Å². The van der Waals surface area contributed by atoms with Crippen LogP contribution in [0.3, 0.4) is 0 Å². The Morgan fingerprint density at radius 2 is 0.183 bits per heavy atom. The standard InChI is InChI=1S/12C2H3N.3Ag.3F6P/c12*1-2-3;;;;3*1-7(2,3,4,5)6/h12*1H3;;;;;;/q;;;;;;;;;;;;3*+1;3*-1. The number of rotatable bonds is 0. The fraction of sp³-hybridized carbons (Fsp3) is 0.500. The SMILES string of the molecule is CC#N.CC#N.CC#N.CC#N.CC#N.CC#N.CC#N.CC#N.CC#N.CC#N.CC#N.CC#N.F[P-](F)(F)(F)(F)F.F[P-](F)(F)(F)(F)F.F[P-](F)(F)(F)(F)F.[Ag+].[Ag+].[Ag+]. The zero-order chi connectivity index (χ0) is 51.7. The molecule has 0 rings (SSSR count). The van der Waals surface area contributed by atoms with E-state index in [1.54, 1.807) is 72.8 Å². The third-order valence-corrected chi connectivity index (χ3v) is 0. The molecule has 0 aromatic carbocycles. The topological polar surface area (TPSA) is 285 Å². The van der Waals surface area contributed by atoms with E-state index in [4.69, 9.17) is 63.1 Å². The van der Waals surface area contributed by atoms with Crippen molar-refractivity contribution in [2.24, 2.45) is 0 Å². The minimum absolute atomic E-state index is 0. The predicted molar refractivity (Wildman–Crippen MR) is 176 cm³/mol. The molecule has 366 valence electrons. The van der Waals surface area contributed by atoms with Gasteiger partial charge in [0.2, 0.25) is 0 Å². The van der Waals surface area contributed by atoms with Crippen LogP contribution in [0.15, 0.2) is 0 Å². The van der Waals surface area contributed by atoms with E-state index in [2.05, 4.69) is 0 Å². The van der Waals surface area contributed by atoms with Crippen LogP contribution in [-0.4, -0.2) is 0 Å². The van der Waals surface area contributed by atoms with Crippen LogP contribution in [0.4, 0.5) is 75.5 Å². The fourth-order valence-electron chi connectivity index (χ4n) is 0. The fourth-order valence-corrected chi connectivity index (χ4v) is 0. The second kappa shape index (κ2) is 57.2. The number of hydrogen-bond donors (Lipinski definition) is 0. The summed E-state index contributed by atoms with van der Waals surface area (Å²) >= 11 is 0. The molecule has 0 heterocycles. The Labute approximate surface area is 383 Å². The Kier molecular flexibility index (Phi) is 112. The molecule has 0 unspecified atom stereocenters. The average molecular weight is 1250 g/mol. The normalized spacial score (nSPS) is 9.70. The summed E-state index contributed by atoms with van der Waals surface area (Å²) in [5, 5.41) is 87.8. The molecule has 60 heavy (non-hydrogen) atoms. The Hall–Kier alpha value is -3.87. The van der Waals surface area contributed by atoms with Gasteiger partial charge in [-0.25, -0.2) is 0 Å². The third kappa shape index (κ3) is 10200. The minimum atomic E-state index is -10.7. The van der Waals surface area contributed by atoms with Crippen LogP contribution in [0.2, 0.25) is 0 Å². The maximum absolute atomic E-state index is 10.7. The first-order valence-corrected chi connectivity index (χ1v) is 17.8. The third-order valence-electron chi connectivity index (χ3n) is 0. The van der Waals surface area contributed by atoms with Gasteiger partial charge in [-0.05, 0) is 0 Å². The van der Waals surface area contributed by atoms with Gasteiger partial charge in [-0.2, -0.15) is 63.1 Å². The molecule has 0 aromatic rings. The summed E-state index contributed by atoms with van der Waals surface area (Å²) in [6.45, 7) is 17.2. The first-order chi connectivity index (χ1) is 24.3. The van der Waals surface area contributed by atoms with Gasteiger partial charge in [-0.1, -0.05) is 0 Å². The molecule has 0 amide bonds. The van der Waals surface area contributed by atoms with Crippen molar-refractivity contribution in [3.8, 4) is 72.8 Å². The van der Waals surface area contributed by atoms with E-state index in [-0.39, 0.29) is 67.1 Å². The van der Waals surface area contributed by atoms with E-state index in [0.29, 0.717) is 0 Å². The van der Waals surface area contributed by atoms with E-state index < -0.39 is 23.4 Å². The van der Waals surface area contributed by atoms with Gasteiger partial charge in [0.1, 0.15) is 0 Å². The van der Waals surface area contributed by atoms with E-state index >= 15 is 0 Å². The first kappa shape index (κ1) is 117. The van der Waals surface area contributed by atoms with E-state index in [0.717, 1.165) is 0 Å². The molecular weight excluding hydrogens is 1210 g/mol. The van der Waals surface area contributed by atoms with Crippen LogP contribution in [0.5, 0.6) is 0 Å². The molecule has 0 atom stereocenters. The molecule has 0 spiro atoms. The summed E-state index contributed by atoms with van der Waals surface area (Å²) in [5.41, 5.74) is 0. The van der Waals surface area contributed by atoms with Crippen molar-refractivity contribution in [3.63, 3.8) is 0 Å². The average Bonchev–Trinajstić information content (AvgIpc) is 2.84. The van der Waals surface area contributed by atoms with Crippen LogP contribution in [0.25, 0.3) is 0 Å². The molecule has 0 saturated carbocycles. The van der Waals surface area contributed by atoms with Crippen LogP contribution in [0.1, 0.15) is 83.1 Å². The van der Waals surface area contributed by atoms with Crippen LogP contribution in [-0.2, 0) is 67.1 Å². The van der Waals surface area contributed by atoms with Crippen molar-refractivity contribution < 1.29 is 143 Å². The summed E-state index contributed by atoms with van der Waals surface area (Å²) < 4.78 is 178. The first-order valence-electron chi connectivity index (χ1n) is 11.7. The van der Waals surface area contributed by atoms with Crippen LogP contribution < -0.4 is 0 Å². The summed E-state index contributed by atoms with van der Waals surface area (Å²) in [6, 6.07) is 21.0. The molecule has 0 fully saturated rings. The van der Waals surface area contributed by atoms with Crippen molar-refractivity contribution in [1.82, 2.24) is 0 Å². The minimum Gasteiger partial charge on any atom is 1.00 e. The number of hydrogen-bond acceptors (Lipinski definition) is 12. The van der Waals surface area contributed by atoms with Gasteiger partial charge in [0.15, 0.2) is 0 Å². The van der Waals surface area contributed by atoms with Crippen molar-refractivity contribution in [3.05, 3.63) is 0 Å². The second-order valence-electron chi connectivity index (χ2n) is 5.56. The Morgan fingerprint density at radius 3 is 0.183 bits per heavy atom. The number of halogens is 18. The van der Waals surface area contributed by atoms with Gasteiger partial charge in [0.25, 0.3) is 0 Å². The molecule has 36 heteroatoms. The summed E-state index contributed by atoms with van der Waals surface area (Å²) in [7, 11) is -32.0. The van der Waals surface area contributed by atoms with Gasteiger partial charge >= 0.3 is 166 Å². The maximum Gasteiger partial charge on any atom is 1.00 e. The van der Waals surface area contributed by atoms with Crippen LogP contribution >= 0.6 is 23.4 Å². The molecule has 0 saturated heterocycles. The second-order valence-corrected chi connectivity index (χ2v) is 11.3. The van der Waals surface area contributed by atoms with E-state index in [1.165, 1.54) is 83.1 Å². The molecule has 0 aliphatic rings. The molecule has 0 aliphatic carbocycles. The molecule has 0 aliphatic heterocycles. The van der Waals surface area contributed by atoms with Gasteiger partial charge in [0.05, 0.1) is 72.8 Å². The Balaban J connectivity index is -0.0000000200. The zero-order valence-electron chi connectivity index (χ0n) is 32.4. The van der Waals surface area contributed by atoms with Crippen molar-refractivity contribution in [2.75, 3.05) is 0 Å². The van der Waals surface area contributed by atoms with E-state index in [1.807, 2.05) is 0 Å². The van der Waals surface area contributed by atoms with Gasteiger partial charge in [-0.3, -0.25) is 0 Å². The quantitative estimate of drug-likeness (QED) is 0.124. The number of nitrogens with zero attached hydrogens (tertiary/aromatic N) is 12. The molecule has 0 aromatic heterocycles. The maximum atomic E-state index is 9.87. The monoisotopic (exact) mass is 1250 g/mol. The van der Waals surface area contributed by atoms with Crippen molar-refractivity contribution in [1.29, 1.82) is 63.1 Å². The van der Waals surface area contributed by atoms with Crippen molar-refractivity contribution in [2.45, 2.75) is 83.1 Å². The predicted octanol–water partition coefficient (Wildman–Crippen LogP) is 16.5. The molecule has 0 N–H and O–H groups in total. The Morgan fingerprint density at radius 1 is 0.183 bits per heavy atom. The summed E-state index contributed by atoms with van der Waals surface area (Å²) in [5.74, 6) is 0.